The van der Waals surface area contributed by atoms with E-state index in [1.807, 2.05) is 22.9 Å². The van der Waals surface area contributed by atoms with E-state index < -0.39 is 0 Å². The molecular weight excluding hydrogens is 322 g/mol. The number of ether oxygens (including phenoxy) is 1. The van der Waals surface area contributed by atoms with Crippen molar-refractivity contribution < 1.29 is 4.74 Å². The van der Waals surface area contributed by atoms with E-state index in [-0.39, 0.29) is 6.23 Å². The molecule has 0 bridgehead atoms. The smallest absolute Gasteiger partial charge is 0.154 e. The van der Waals surface area contributed by atoms with Gasteiger partial charge in [0.15, 0.2) is 6.23 Å². The Kier molecular flexibility index (Phi) is 9.68. The van der Waals surface area contributed by atoms with Crippen LogP contribution in [0.1, 0.15) is 91.2 Å². The van der Waals surface area contributed by atoms with E-state index in [9.17, 15) is 0 Å². The molecule has 0 saturated carbocycles. The zero-order chi connectivity index (χ0) is 18.6. The van der Waals surface area contributed by atoms with Crippen LogP contribution in [-0.4, -0.2) is 21.6 Å². The van der Waals surface area contributed by atoms with Crippen molar-refractivity contribution in [3.8, 4) is 0 Å². The lowest BCUT2D eigenvalue weighted by Gasteiger charge is -2.22. The van der Waals surface area contributed by atoms with Crippen LogP contribution < -0.4 is 0 Å². The van der Waals surface area contributed by atoms with Gasteiger partial charge in [0.05, 0.1) is 5.52 Å². The molecule has 0 aliphatic heterocycles. The van der Waals surface area contributed by atoms with Crippen LogP contribution in [-0.2, 0) is 4.74 Å². The minimum absolute atomic E-state index is 0.0408. The lowest BCUT2D eigenvalue weighted by molar-refractivity contribution is -0.0373. The maximum Gasteiger partial charge on any atom is 0.154 e. The predicted molar refractivity (Wildman–Crippen MR) is 109 cm³/mol. The first-order valence-electron chi connectivity index (χ1n) is 10.7. The van der Waals surface area contributed by atoms with Gasteiger partial charge in [-0.2, -0.15) is 0 Å². The van der Waals surface area contributed by atoms with E-state index in [2.05, 4.69) is 37.1 Å². The third kappa shape index (κ3) is 6.71. The van der Waals surface area contributed by atoms with Gasteiger partial charge in [0, 0.05) is 12.5 Å². The van der Waals surface area contributed by atoms with Crippen molar-refractivity contribution in [1.29, 1.82) is 0 Å². The first-order chi connectivity index (χ1) is 12.7. The Labute approximate surface area is 159 Å². The number of nitrogens with zero attached hydrogens (tertiary/aromatic N) is 3. The second-order valence-electron chi connectivity index (χ2n) is 7.71. The molecule has 0 saturated heterocycles. The Bertz CT molecular complexity index is 608. The zero-order valence-electron chi connectivity index (χ0n) is 17.0. The summed E-state index contributed by atoms with van der Waals surface area (Å²) in [7, 11) is 0. The summed E-state index contributed by atoms with van der Waals surface area (Å²) >= 11 is 0. The Morgan fingerprint density at radius 1 is 0.885 bits per heavy atom. The highest BCUT2D eigenvalue weighted by Gasteiger charge is 2.19. The lowest BCUT2D eigenvalue weighted by atomic mass is 10.1. The first kappa shape index (κ1) is 20.9. The monoisotopic (exact) mass is 359 g/mol. The molecule has 1 aromatic carbocycles. The highest BCUT2D eigenvalue weighted by atomic mass is 16.5. The summed E-state index contributed by atoms with van der Waals surface area (Å²) in [5.41, 5.74) is 1.98. The van der Waals surface area contributed by atoms with Gasteiger partial charge in [-0.25, -0.2) is 4.68 Å². The minimum atomic E-state index is -0.0408. The van der Waals surface area contributed by atoms with Crippen molar-refractivity contribution in [2.75, 3.05) is 6.61 Å². The van der Waals surface area contributed by atoms with Gasteiger partial charge in [-0.15, -0.1) is 5.10 Å². The van der Waals surface area contributed by atoms with Crippen molar-refractivity contribution in [1.82, 2.24) is 15.0 Å². The molecule has 26 heavy (non-hydrogen) atoms. The standard InChI is InChI=1S/C22H37N3O/c1-4-5-6-7-8-9-10-11-12-15-18-26-22(19(2)3)25-21-17-14-13-16-20(21)23-24-25/h13-14,16-17,19,22H,4-12,15,18H2,1-3H3. The van der Waals surface area contributed by atoms with Crippen LogP contribution in [0.3, 0.4) is 0 Å². The molecule has 4 nitrogen and oxygen atoms in total. The van der Waals surface area contributed by atoms with Gasteiger partial charge in [0.1, 0.15) is 5.52 Å². The van der Waals surface area contributed by atoms with E-state index in [0.717, 1.165) is 24.1 Å². The Morgan fingerprint density at radius 3 is 2.15 bits per heavy atom. The molecule has 0 radical (unpaired) electrons. The molecule has 2 rings (SSSR count). The van der Waals surface area contributed by atoms with Crippen LogP contribution in [0.2, 0.25) is 0 Å². The van der Waals surface area contributed by atoms with E-state index in [4.69, 9.17) is 4.74 Å². The maximum atomic E-state index is 6.19. The lowest BCUT2D eigenvalue weighted by Crippen LogP contribution is -2.20. The number of hydrogen-bond acceptors (Lipinski definition) is 3. The number of benzene rings is 1. The predicted octanol–water partition coefficient (Wildman–Crippen LogP) is 6.52. The van der Waals surface area contributed by atoms with Crippen molar-refractivity contribution in [2.45, 2.75) is 91.2 Å². The fourth-order valence-corrected chi connectivity index (χ4v) is 3.41. The molecule has 0 spiro atoms. The molecular formula is C22H37N3O. The van der Waals surface area contributed by atoms with Gasteiger partial charge < -0.3 is 4.74 Å². The molecule has 1 heterocycles. The molecule has 0 aliphatic carbocycles. The van der Waals surface area contributed by atoms with Crippen molar-refractivity contribution in [2.24, 2.45) is 5.92 Å². The summed E-state index contributed by atoms with van der Waals surface area (Å²) in [6.45, 7) is 7.43. The first-order valence-corrected chi connectivity index (χ1v) is 10.7. The Balaban J connectivity index is 1.64. The van der Waals surface area contributed by atoms with Gasteiger partial charge in [0.25, 0.3) is 0 Å². The van der Waals surface area contributed by atoms with Gasteiger partial charge >= 0.3 is 0 Å². The average molecular weight is 360 g/mol. The summed E-state index contributed by atoms with van der Waals surface area (Å²) in [5, 5.41) is 8.59. The molecule has 1 atom stereocenters. The SMILES string of the molecule is CCCCCCCCCCCCOC(C(C)C)n1nnc2ccccc21. The number of unbranched alkanes of at least 4 members (excludes halogenated alkanes) is 9. The normalized spacial score (nSPS) is 12.9. The molecule has 0 fully saturated rings. The van der Waals surface area contributed by atoms with E-state index in [1.54, 1.807) is 0 Å². The van der Waals surface area contributed by atoms with Gasteiger partial charge in [-0.3, -0.25) is 0 Å². The van der Waals surface area contributed by atoms with E-state index >= 15 is 0 Å². The van der Waals surface area contributed by atoms with Gasteiger partial charge in [0.2, 0.25) is 0 Å². The van der Waals surface area contributed by atoms with Gasteiger partial charge in [-0.1, -0.05) is 95.9 Å². The number of para-hydroxylation sites is 1. The number of aromatic nitrogens is 3. The fourth-order valence-electron chi connectivity index (χ4n) is 3.41. The van der Waals surface area contributed by atoms with Crippen molar-refractivity contribution in [3.63, 3.8) is 0 Å². The highest BCUT2D eigenvalue weighted by molar-refractivity contribution is 5.73. The highest BCUT2D eigenvalue weighted by Crippen LogP contribution is 2.23. The molecule has 0 amide bonds. The van der Waals surface area contributed by atoms with Crippen LogP contribution >= 0.6 is 0 Å². The second-order valence-corrected chi connectivity index (χ2v) is 7.71. The molecule has 146 valence electrons. The molecule has 0 N–H and O–H groups in total. The zero-order valence-corrected chi connectivity index (χ0v) is 17.0. The number of rotatable bonds is 14. The van der Waals surface area contributed by atoms with Crippen LogP contribution in [0.5, 0.6) is 0 Å². The second kappa shape index (κ2) is 12.1. The fraction of sp³-hybridized carbons (Fsp3) is 0.727. The summed E-state index contributed by atoms with van der Waals surface area (Å²) in [6.07, 6.45) is 13.4. The van der Waals surface area contributed by atoms with Crippen molar-refractivity contribution >= 4 is 11.0 Å². The number of hydrogen-bond donors (Lipinski definition) is 0. The summed E-state index contributed by atoms with van der Waals surface area (Å²) in [6, 6.07) is 8.09. The molecule has 2 aromatic rings. The Morgan fingerprint density at radius 2 is 1.50 bits per heavy atom. The quantitative estimate of drug-likeness (QED) is 0.360. The van der Waals surface area contributed by atoms with Crippen LogP contribution in [0.15, 0.2) is 24.3 Å². The van der Waals surface area contributed by atoms with E-state index in [1.165, 1.54) is 57.8 Å². The summed E-state index contributed by atoms with van der Waals surface area (Å²) in [5.74, 6) is 0.364. The van der Waals surface area contributed by atoms with Gasteiger partial charge in [-0.05, 0) is 18.6 Å². The molecule has 0 aliphatic rings. The van der Waals surface area contributed by atoms with Crippen LogP contribution in [0.4, 0.5) is 0 Å². The maximum absolute atomic E-state index is 6.19. The number of fused-ring (bicyclic) bond motifs is 1. The van der Waals surface area contributed by atoms with Crippen molar-refractivity contribution in [3.05, 3.63) is 24.3 Å². The van der Waals surface area contributed by atoms with Crippen LogP contribution in [0.25, 0.3) is 11.0 Å². The summed E-state index contributed by atoms with van der Waals surface area (Å²) in [4.78, 5) is 0. The average Bonchev–Trinajstić information content (AvgIpc) is 3.06. The molecule has 1 unspecified atom stereocenters. The summed E-state index contributed by atoms with van der Waals surface area (Å²) < 4.78 is 8.13. The Hall–Kier alpha value is -1.42. The minimum Gasteiger partial charge on any atom is -0.356 e. The topological polar surface area (TPSA) is 39.9 Å². The molecule has 1 aromatic heterocycles. The third-order valence-corrected chi connectivity index (χ3v) is 4.98. The molecule has 4 heteroatoms. The largest absolute Gasteiger partial charge is 0.356 e. The third-order valence-electron chi connectivity index (χ3n) is 4.98. The van der Waals surface area contributed by atoms with Crippen LogP contribution in [0, 0.1) is 5.92 Å². The van der Waals surface area contributed by atoms with E-state index in [0.29, 0.717) is 5.92 Å².